The predicted octanol–water partition coefficient (Wildman–Crippen LogP) is 4.72. The van der Waals surface area contributed by atoms with Crippen LogP contribution in [-0.2, 0) is 4.79 Å². The van der Waals surface area contributed by atoms with Gasteiger partial charge in [-0.3, -0.25) is 14.9 Å². The van der Waals surface area contributed by atoms with Crippen LogP contribution in [0.4, 0.5) is 11.4 Å². The number of carbonyl (C=O) groups excluding carboxylic acids is 1. The lowest BCUT2D eigenvalue weighted by molar-refractivity contribution is -0.384. The van der Waals surface area contributed by atoms with Crippen LogP contribution in [0, 0.1) is 28.4 Å². The number of carbonyl (C=O) groups is 1. The Bertz CT molecular complexity index is 1170. The van der Waals surface area contributed by atoms with Crippen molar-refractivity contribution in [3.05, 3.63) is 81.6 Å². The molecule has 8 heteroatoms. The lowest BCUT2D eigenvalue weighted by Crippen LogP contribution is -2.13. The molecule has 1 amide bonds. The second-order valence-corrected chi connectivity index (χ2v) is 6.31. The van der Waals surface area contributed by atoms with Crippen LogP contribution < -0.4 is 10.1 Å². The van der Waals surface area contributed by atoms with E-state index in [9.17, 15) is 20.2 Å². The van der Waals surface area contributed by atoms with Crippen LogP contribution in [0.3, 0.4) is 0 Å². The zero-order chi connectivity index (χ0) is 21.7. The van der Waals surface area contributed by atoms with Gasteiger partial charge in [-0.05, 0) is 55.0 Å². The lowest BCUT2D eigenvalue weighted by Gasteiger charge is -2.05. The van der Waals surface area contributed by atoms with Crippen LogP contribution in [0.5, 0.6) is 5.75 Å². The Morgan fingerprint density at radius 2 is 1.93 bits per heavy atom. The first-order valence-electron chi connectivity index (χ1n) is 8.83. The molecule has 0 aliphatic rings. The second kappa shape index (κ2) is 8.75. The molecule has 0 radical (unpaired) electrons. The molecular weight excluding hydrogens is 386 g/mol. The molecule has 0 spiro atoms. The van der Waals surface area contributed by atoms with Crippen LogP contribution in [0.2, 0.25) is 0 Å². The van der Waals surface area contributed by atoms with E-state index in [1.54, 1.807) is 56.5 Å². The average Bonchev–Trinajstić information content (AvgIpc) is 3.20. The molecule has 0 aliphatic carbocycles. The van der Waals surface area contributed by atoms with Crippen molar-refractivity contribution in [2.45, 2.75) is 6.92 Å². The summed E-state index contributed by atoms with van der Waals surface area (Å²) in [5.74, 6) is 0.853. The quantitative estimate of drug-likeness (QED) is 0.275. The van der Waals surface area contributed by atoms with E-state index in [0.717, 1.165) is 0 Å². The molecule has 150 valence electrons. The zero-order valence-corrected chi connectivity index (χ0v) is 16.2. The molecule has 0 saturated carbocycles. The molecule has 2 aromatic carbocycles. The number of anilines is 1. The fourth-order valence-corrected chi connectivity index (χ4v) is 2.78. The highest BCUT2D eigenvalue weighted by Gasteiger charge is 2.14. The maximum absolute atomic E-state index is 12.4. The fraction of sp³-hybridized carbons (Fsp3) is 0.0909. The van der Waals surface area contributed by atoms with E-state index in [1.165, 1.54) is 18.2 Å². The topological polar surface area (TPSA) is 118 Å². The SMILES string of the molecule is COc1ccc(NC(=O)/C(C#N)=C/c2ccc(-c3ccc([N+](=O)[O-])cc3C)o2)cc1. The molecule has 0 saturated heterocycles. The molecule has 30 heavy (non-hydrogen) atoms. The summed E-state index contributed by atoms with van der Waals surface area (Å²) in [6, 6.07) is 16.3. The summed E-state index contributed by atoms with van der Waals surface area (Å²) in [5.41, 5.74) is 1.73. The van der Waals surface area contributed by atoms with Crippen molar-refractivity contribution in [2.75, 3.05) is 12.4 Å². The minimum atomic E-state index is -0.577. The Morgan fingerprint density at radius 1 is 1.20 bits per heavy atom. The summed E-state index contributed by atoms with van der Waals surface area (Å²) in [6.45, 7) is 1.74. The third kappa shape index (κ3) is 4.54. The molecular formula is C22H17N3O5. The molecule has 0 unspecified atom stereocenters. The van der Waals surface area contributed by atoms with Crippen molar-refractivity contribution in [1.29, 1.82) is 5.26 Å². The molecule has 0 atom stereocenters. The zero-order valence-electron chi connectivity index (χ0n) is 16.2. The van der Waals surface area contributed by atoms with Crippen LogP contribution in [0.25, 0.3) is 17.4 Å². The number of amides is 1. The number of furan rings is 1. The van der Waals surface area contributed by atoms with Gasteiger partial charge in [-0.2, -0.15) is 5.26 Å². The Morgan fingerprint density at radius 3 is 2.53 bits per heavy atom. The van der Waals surface area contributed by atoms with E-state index in [0.29, 0.717) is 34.1 Å². The number of hydrogen-bond donors (Lipinski definition) is 1. The van der Waals surface area contributed by atoms with Crippen LogP contribution in [0.15, 0.2) is 64.6 Å². The summed E-state index contributed by atoms with van der Waals surface area (Å²) < 4.78 is 10.8. The van der Waals surface area contributed by atoms with Gasteiger partial charge in [0.15, 0.2) is 0 Å². The Balaban J connectivity index is 1.80. The third-order valence-corrected chi connectivity index (χ3v) is 4.31. The van der Waals surface area contributed by atoms with Crippen molar-refractivity contribution >= 4 is 23.4 Å². The largest absolute Gasteiger partial charge is 0.497 e. The third-order valence-electron chi connectivity index (χ3n) is 4.31. The number of methoxy groups -OCH3 is 1. The van der Waals surface area contributed by atoms with Crippen LogP contribution in [-0.4, -0.2) is 17.9 Å². The van der Waals surface area contributed by atoms with Crippen molar-refractivity contribution in [1.82, 2.24) is 0 Å². The normalized spacial score (nSPS) is 10.9. The number of nitro groups is 1. The van der Waals surface area contributed by atoms with Crippen LogP contribution >= 0.6 is 0 Å². The summed E-state index contributed by atoms with van der Waals surface area (Å²) in [6.07, 6.45) is 1.34. The number of non-ortho nitro benzene ring substituents is 1. The van der Waals surface area contributed by atoms with Gasteiger partial charge in [0, 0.05) is 29.5 Å². The second-order valence-electron chi connectivity index (χ2n) is 6.31. The highest BCUT2D eigenvalue weighted by Crippen LogP contribution is 2.29. The highest BCUT2D eigenvalue weighted by molar-refractivity contribution is 6.09. The average molecular weight is 403 g/mol. The number of ether oxygens (including phenoxy) is 1. The molecule has 3 rings (SSSR count). The minimum Gasteiger partial charge on any atom is -0.497 e. The van der Waals surface area contributed by atoms with E-state index >= 15 is 0 Å². The number of rotatable bonds is 6. The monoisotopic (exact) mass is 403 g/mol. The number of nitro benzene ring substituents is 1. The minimum absolute atomic E-state index is 0.00936. The molecule has 1 N–H and O–H groups in total. The van der Waals surface area contributed by atoms with E-state index in [4.69, 9.17) is 9.15 Å². The lowest BCUT2D eigenvalue weighted by atomic mass is 10.1. The molecule has 0 fully saturated rings. The van der Waals surface area contributed by atoms with Gasteiger partial charge < -0.3 is 14.5 Å². The summed E-state index contributed by atoms with van der Waals surface area (Å²) in [4.78, 5) is 22.8. The maximum atomic E-state index is 12.4. The van der Waals surface area contributed by atoms with Crippen molar-refractivity contribution in [3.8, 4) is 23.1 Å². The smallest absolute Gasteiger partial charge is 0.269 e. The standard InChI is InChI=1S/C22H17N3O5/c1-14-11-17(25(27)28)5-9-20(14)21-10-8-19(30-21)12-15(13-23)22(26)24-16-3-6-18(29-2)7-4-16/h3-12H,1-2H3,(H,24,26)/b15-12+. The number of nitrogens with zero attached hydrogens (tertiary/aromatic N) is 2. The molecule has 1 aromatic heterocycles. The van der Waals surface area contributed by atoms with Gasteiger partial charge in [-0.1, -0.05) is 0 Å². The van der Waals surface area contributed by atoms with Gasteiger partial charge in [0.25, 0.3) is 11.6 Å². The van der Waals surface area contributed by atoms with Crippen molar-refractivity contribution in [2.24, 2.45) is 0 Å². The predicted molar refractivity (Wildman–Crippen MR) is 111 cm³/mol. The molecule has 0 bridgehead atoms. The van der Waals surface area contributed by atoms with Gasteiger partial charge in [-0.15, -0.1) is 0 Å². The summed E-state index contributed by atoms with van der Waals surface area (Å²) >= 11 is 0. The van der Waals surface area contributed by atoms with E-state index in [-0.39, 0.29) is 11.3 Å². The number of aryl methyl sites for hydroxylation is 1. The van der Waals surface area contributed by atoms with Crippen LogP contribution in [0.1, 0.15) is 11.3 Å². The molecule has 3 aromatic rings. The number of nitrogens with one attached hydrogen (secondary N) is 1. The van der Waals surface area contributed by atoms with E-state index in [2.05, 4.69) is 5.32 Å². The maximum Gasteiger partial charge on any atom is 0.269 e. The molecule has 1 heterocycles. The van der Waals surface area contributed by atoms with Crippen molar-refractivity contribution < 1.29 is 18.9 Å². The van der Waals surface area contributed by atoms with Gasteiger partial charge >= 0.3 is 0 Å². The first-order valence-corrected chi connectivity index (χ1v) is 8.83. The molecule has 0 aliphatic heterocycles. The highest BCUT2D eigenvalue weighted by atomic mass is 16.6. The first kappa shape index (κ1) is 20.4. The van der Waals surface area contributed by atoms with Crippen molar-refractivity contribution in [3.63, 3.8) is 0 Å². The Kier molecular flexibility index (Phi) is 5.94. The van der Waals surface area contributed by atoms with Gasteiger partial charge in [0.1, 0.15) is 28.9 Å². The van der Waals surface area contributed by atoms with E-state index < -0.39 is 10.8 Å². The van der Waals surface area contributed by atoms with E-state index in [1.807, 2.05) is 6.07 Å². The summed E-state index contributed by atoms with van der Waals surface area (Å²) in [7, 11) is 1.54. The number of nitriles is 1. The van der Waals surface area contributed by atoms with Gasteiger partial charge in [0.2, 0.25) is 0 Å². The fourth-order valence-electron chi connectivity index (χ4n) is 2.78. The number of hydrogen-bond acceptors (Lipinski definition) is 6. The van der Waals surface area contributed by atoms with Gasteiger partial charge in [0.05, 0.1) is 12.0 Å². The first-order chi connectivity index (χ1) is 14.4. The Hall–Kier alpha value is -4.38. The molecule has 8 nitrogen and oxygen atoms in total. The number of benzene rings is 2. The summed E-state index contributed by atoms with van der Waals surface area (Å²) in [5, 5.41) is 22.9. The Labute approximate surface area is 172 Å². The van der Waals surface area contributed by atoms with Gasteiger partial charge in [-0.25, -0.2) is 0 Å².